The standard InChI is InChI=1S/C14H16F3N3OS/c1-9(20-6-2-4-10(8-20)14(15,16)17)12-18-19-13(21-12)11-5-3-7-22-11/h3,5,7,9-10H,2,4,6,8H2,1H3/t9-,10-/m1/s1. The van der Waals surface area contributed by atoms with E-state index in [1.807, 2.05) is 24.4 Å². The molecule has 0 amide bonds. The van der Waals surface area contributed by atoms with Crippen molar-refractivity contribution in [2.24, 2.45) is 5.92 Å². The summed E-state index contributed by atoms with van der Waals surface area (Å²) >= 11 is 1.48. The number of hydrogen-bond donors (Lipinski definition) is 0. The summed E-state index contributed by atoms with van der Waals surface area (Å²) < 4.78 is 44.3. The van der Waals surface area contributed by atoms with Gasteiger partial charge in [-0.15, -0.1) is 21.5 Å². The predicted octanol–water partition coefficient (Wildman–Crippen LogP) is 4.13. The molecule has 0 aromatic carbocycles. The Bertz CT molecular complexity index is 611. The van der Waals surface area contributed by atoms with Crippen LogP contribution in [0.2, 0.25) is 0 Å². The monoisotopic (exact) mass is 331 g/mol. The van der Waals surface area contributed by atoms with Crippen LogP contribution in [0, 0.1) is 5.92 Å². The zero-order valence-electron chi connectivity index (χ0n) is 12.0. The number of nitrogens with zero attached hydrogens (tertiary/aromatic N) is 3. The van der Waals surface area contributed by atoms with Gasteiger partial charge in [-0.1, -0.05) is 6.07 Å². The molecule has 1 aliphatic rings. The van der Waals surface area contributed by atoms with E-state index in [0.29, 0.717) is 24.7 Å². The zero-order valence-corrected chi connectivity index (χ0v) is 12.8. The first kappa shape index (κ1) is 15.5. The Morgan fingerprint density at radius 3 is 2.91 bits per heavy atom. The quantitative estimate of drug-likeness (QED) is 0.848. The van der Waals surface area contributed by atoms with Crippen LogP contribution in [0.5, 0.6) is 0 Å². The smallest absolute Gasteiger partial charge is 0.393 e. The highest BCUT2D eigenvalue weighted by Gasteiger charge is 2.43. The van der Waals surface area contributed by atoms with Gasteiger partial charge in [-0.25, -0.2) is 0 Å². The first-order valence-electron chi connectivity index (χ1n) is 7.13. The van der Waals surface area contributed by atoms with Crippen LogP contribution in [-0.4, -0.2) is 34.4 Å². The highest BCUT2D eigenvalue weighted by molar-refractivity contribution is 7.13. The maximum absolute atomic E-state index is 12.9. The number of rotatable bonds is 3. The number of alkyl halides is 3. The van der Waals surface area contributed by atoms with Gasteiger partial charge in [0, 0.05) is 6.54 Å². The minimum Gasteiger partial charge on any atom is -0.418 e. The number of piperidine rings is 1. The van der Waals surface area contributed by atoms with E-state index in [9.17, 15) is 13.2 Å². The van der Waals surface area contributed by atoms with Gasteiger partial charge in [0.25, 0.3) is 5.89 Å². The summed E-state index contributed by atoms with van der Waals surface area (Å²) in [5.74, 6) is -0.490. The second kappa shape index (κ2) is 6.00. The molecule has 1 fully saturated rings. The molecule has 0 radical (unpaired) electrons. The van der Waals surface area contributed by atoms with Crippen LogP contribution in [-0.2, 0) is 0 Å². The van der Waals surface area contributed by atoms with Crippen molar-refractivity contribution in [1.82, 2.24) is 15.1 Å². The first-order chi connectivity index (χ1) is 10.4. The average molecular weight is 331 g/mol. The summed E-state index contributed by atoms with van der Waals surface area (Å²) in [5.41, 5.74) is 0. The van der Waals surface area contributed by atoms with Gasteiger partial charge in [-0.3, -0.25) is 4.90 Å². The average Bonchev–Trinajstić information content (AvgIpc) is 3.16. The van der Waals surface area contributed by atoms with E-state index in [2.05, 4.69) is 10.2 Å². The van der Waals surface area contributed by atoms with E-state index >= 15 is 0 Å². The third-order valence-electron chi connectivity index (χ3n) is 3.99. The van der Waals surface area contributed by atoms with Crippen molar-refractivity contribution < 1.29 is 17.6 Å². The SMILES string of the molecule is C[C@H](c1nnc(-c2cccs2)o1)N1CCC[C@@H](C(F)(F)F)C1. The minimum absolute atomic E-state index is 0.0125. The van der Waals surface area contributed by atoms with Crippen LogP contribution in [0.15, 0.2) is 21.9 Å². The van der Waals surface area contributed by atoms with Crippen LogP contribution in [0.1, 0.15) is 31.7 Å². The van der Waals surface area contributed by atoms with Crippen LogP contribution in [0.4, 0.5) is 13.2 Å². The molecule has 0 N–H and O–H groups in total. The molecule has 1 aliphatic heterocycles. The van der Waals surface area contributed by atoms with E-state index in [-0.39, 0.29) is 19.0 Å². The molecule has 3 heterocycles. The summed E-state index contributed by atoms with van der Waals surface area (Å²) in [5, 5.41) is 9.89. The molecule has 1 saturated heterocycles. The molecule has 0 saturated carbocycles. The third-order valence-corrected chi connectivity index (χ3v) is 4.85. The van der Waals surface area contributed by atoms with Crippen LogP contribution >= 0.6 is 11.3 Å². The summed E-state index contributed by atoms with van der Waals surface area (Å²) in [6, 6.07) is 3.44. The lowest BCUT2D eigenvalue weighted by Crippen LogP contribution is -2.42. The molecule has 2 aromatic rings. The maximum atomic E-state index is 12.9. The van der Waals surface area contributed by atoms with E-state index < -0.39 is 12.1 Å². The van der Waals surface area contributed by atoms with Crippen molar-refractivity contribution in [1.29, 1.82) is 0 Å². The van der Waals surface area contributed by atoms with Gasteiger partial charge in [0.1, 0.15) is 0 Å². The Balaban J connectivity index is 1.72. The Kier molecular flexibility index (Phi) is 4.22. The third kappa shape index (κ3) is 3.17. The molecule has 2 aromatic heterocycles. The van der Waals surface area contributed by atoms with Crippen molar-refractivity contribution >= 4 is 11.3 Å². The number of aromatic nitrogens is 2. The van der Waals surface area contributed by atoms with E-state index in [1.165, 1.54) is 11.3 Å². The van der Waals surface area contributed by atoms with Crippen LogP contribution in [0.25, 0.3) is 10.8 Å². The second-order valence-corrected chi connectivity index (χ2v) is 6.42. The molecule has 4 nitrogen and oxygen atoms in total. The van der Waals surface area contributed by atoms with Gasteiger partial charge in [-0.2, -0.15) is 13.2 Å². The van der Waals surface area contributed by atoms with Gasteiger partial charge in [0.15, 0.2) is 0 Å². The van der Waals surface area contributed by atoms with E-state index in [1.54, 1.807) is 4.90 Å². The van der Waals surface area contributed by atoms with Gasteiger partial charge in [0.05, 0.1) is 16.8 Å². The Hall–Kier alpha value is -1.41. The fourth-order valence-corrected chi connectivity index (χ4v) is 3.33. The second-order valence-electron chi connectivity index (χ2n) is 5.47. The van der Waals surface area contributed by atoms with Crippen molar-refractivity contribution in [3.63, 3.8) is 0 Å². The summed E-state index contributed by atoms with van der Waals surface area (Å²) in [6.07, 6.45) is -3.42. The molecule has 22 heavy (non-hydrogen) atoms. The zero-order chi connectivity index (χ0) is 15.7. The molecule has 0 bridgehead atoms. The Labute approximate surface area is 130 Å². The lowest BCUT2D eigenvalue weighted by molar-refractivity contribution is -0.188. The van der Waals surface area contributed by atoms with Crippen LogP contribution in [0.3, 0.4) is 0 Å². The van der Waals surface area contributed by atoms with E-state index in [4.69, 9.17) is 4.42 Å². The van der Waals surface area contributed by atoms with Crippen molar-refractivity contribution in [2.75, 3.05) is 13.1 Å². The van der Waals surface area contributed by atoms with Gasteiger partial charge < -0.3 is 4.42 Å². The summed E-state index contributed by atoms with van der Waals surface area (Å²) in [7, 11) is 0. The van der Waals surface area contributed by atoms with Crippen molar-refractivity contribution in [3.8, 4) is 10.8 Å². The fraction of sp³-hybridized carbons (Fsp3) is 0.571. The largest absolute Gasteiger partial charge is 0.418 e. The highest BCUT2D eigenvalue weighted by atomic mass is 32.1. The summed E-state index contributed by atoms with van der Waals surface area (Å²) in [4.78, 5) is 2.63. The molecular formula is C14H16F3N3OS. The number of halogens is 3. The van der Waals surface area contributed by atoms with Gasteiger partial charge in [-0.05, 0) is 37.8 Å². The topological polar surface area (TPSA) is 42.2 Å². The molecule has 8 heteroatoms. The van der Waals surface area contributed by atoms with Gasteiger partial charge in [0.2, 0.25) is 5.89 Å². The molecule has 0 unspecified atom stereocenters. The molecule has 0 spiro atoms. The number of hydrogen-bond acceptors (Lipinski definition) is 5. The number of thiophene rings is 1. The molecule has 3 rings (SSSR count). The molecule has 120 valence electrons. The Morgan fingerprint density at radius 1 is 1.41 bits per heavy atom. The van der Waals surface area contributed by atoms with Crippen LogP contribution < -0.4 is 0 Å². The predicted molar refractivity (Wildman–Crippen MR) is 76.4 cm³/mol. The minimum atomic E-state index is -4.14. The highest BCUT2D eigenvalue weighted by Crippen LogP contribution is 2.36. The van der Waals surface area contributed by atoms with E-state index in [0.717, 1.165) is 4.88 Å². The molecule has 0 aliphatic carbocycles. The summed E-state index contributed by atoms with van der Waals surface area (Å²) in [6.45, 7) is 2.41. The lowest BCUT2D eigenvalue weighted by Gasteiger charge is -2.36. The lowest BCUT2D eigenvalue weighted by atomic mass is 9.96. The molecular weight excluding hydrogens is 315 g/mol. The first-order valence-corrected chi connectivity index (χ1v) is 8.01. The Morgan fingerprint density at radius 2 is 2.23 bits per heavy atom. The number of likely N-dealkylation sites (tertiary alicyclic amines) is 1. The van der Waals surface area contributed by atoms with Crippen molar-refractivity contribution in [2.45, 2.75) is 32.0 Å². The molecule has 2 atom stereocenters. The van der Waals surface area contributed by atoms with Crippen molar-refractivity contribution in [3.05, 3.63) is 23.4 Å². The normalized spacial score (nSPS) is 21.9. The maximum Gasteiger partial charge on any atom is 0.393 e. The van der Waals surface area contributed by atoms with Gasteiger partial charge >= 0.3 is 6.18 Å². The fourth-order valence-electron chi connectivity index (χ4n) is 2.68.